The minimum absolute atomic E-state index is 0.0595. The van der Waals surface area contributed by atoms with Crippen LogP contribution in [-0.4, -0.2) is 35.9 Å². The Balaban J connectivity index is 1.75. The summed E-state index contributed by atoms with van der Waals surface area (Å²) in [6.45, 7) is 4.27. The summed E-state index contributed by atoms with van der Waals surface area (Å²) in [5.41, 5.74) is 3.06. The Hall–Kier alpha value is -2.82. The zero-order chi connectivity index (χ0) is 21.5. The summed E-state index contributed by atoms with van der Waals surface area (Å²) >= 11 is 0. The van der Waals surface area contributed by atoms with Crippen molar-refractivity contribution in [1.29, 1.82) is 0 Å². The lowest BCUT2D eigenvalue weighted by molar-refractivity contribution is -0.140. The number of nitrogens with one attached hydrogen (secondary N) is 1. The number of rotatable bonds is 8. The van der Waals surface area contributed by atoms with Gasteiger partial charge in [-0.2, -0.15) is 0 Å². The minimum Gasteiger partial charge on any atom is -0.497 e. The first kappa shape index (κ1) is 21.9. The van der Waals surface area contributed by atoms with Crippen LogP contribution in [0.2, 0.25) is 0 Å². The maximum Gasteiger partial charge on any atom is 0.242 e. The van der Waals surface area contributed by atoms with Crippen LogP contribution in [0.3, 0.4) is 0 Å². The van der Waals surface area contributed by atoms with Crippen molar-refractivity contribution in [2.24, 2.45) is 0 Å². The van der Waals surface area contributed by atoms with Gasteiger partial charge in [0.1, 0.15) is 11.8 Å². The quantitative estimate of drug-likeness (QED) is 0.718. The lowest BCUT2D eigenvalue weighted by atomic mass is 10.1. The fourth-order valence-corrected chi connectivity index (χ4v) is 4.00. The van der Waals surface area contributed by atoms with E-state index in [0.717, 1.165) is 48.1 Å². The molecule has 1 fully saturated rings. The Morgan fingerprint density at radius 2 is 1.80 bits per heavy atom. The van der Waals surface area contributed by atoms with Crippen LogP contribution in [0.5, 0.6) is 5.75 Å². The molecule has 1 N–H and O–H groups in total. The topological polar surface area (TPSA) is 58.6 Å². The van der Waals surface area contributed by atoms with Crippen LogP contribution in [-0.2, 0) is 22.6 Å². The number of ether oxygens (including phenoxy) is 1. The number of benzene rings is 2. The highest BCUT2D eigenvalue weighted by molar-refractivity contribution is 5.88. The lowest BCUT2D eigenvalue weighted by Crippen LogP contribution is -2.50. The van der Waals surface area contributed by atoms with E-state index in [9.17, 15) is 9.59 Å². The summed E-state index contributed by atoms with van der Waals surface area (Å²) in [7, 11) is 1.62. The van der Waals surface area contributed by atoms with Crippen molar-refractivity contribution >= 4 is 11.8 Å². The molecule has 160 valence electrons. The molecule has 0 heterocycles. The minimum atomic E-state index is -0.531. The third-order valence-electron chi connectivity index (χ3n) is 5.82. The molecule has 0 radical (unpaired) electrons. The summed E-state index contributed by atoms with van der Waals surface area (Å²) in [5.74, 6) is 0.625. The molecular weight excluding hydrogens is 376 g/mol. The standard InChI is InChI=1S/C25H32N2O3/c1-18-7-6-8-21(15-18)17-27(19(2)25(29)26-22-9-4-5-10-22)24(28)16-20-11-13-23(30-3)14-12-20/h6-8,11-15,19,22H,4-5,9-10,16-17H2,1-3H3,(H,26,29)/t19-/m0/s1. The van der Waals surface area contributed by atoms with Gasteiger partial charge in [0.15, 0.2) is 0 Å². The van der Waals surface area contributed by atoms with Crippen LogP contribution in [0.15, 0.2) is 48.5 Å². The molecule has 1 atom stereocenters. The molecule has 1 saturated carbocycles. The maximum absolute atomic E-state index is 13.3. The van der Waals surface area contributed by atoms with Crippen molar-refractivity contribution in [3.63, 3.8) is 0 Å². The van der Waals surface area contributed by atoms with Gasteiger partial charge in [-0.05, 0) is 49.9 Å². The predicted octanol–water partition coefficient (Wildman–Crippen LogP) is 4.02. The average Bonchev–Trinajstić information content (AvgIpc) is 3.25. The third kappa shape index (κ3) is 5.85. The molecule has 0 aromatic heterocycles. The third-order valence-corrected chi connectivity index (χ3v) is 5.82. The first-order chi connectivity index (χ1) is 14.5. The van der Waals surface area contributed by atoms with Gasteiger partial charge in [0, 0.05) is 12.6 Å². The highest BCUT2D eigenvalue weighted by atomic mass is 16.5. The van der Waals surface area contributed by atoms with E-state index in [1.807, 2.05) is 56.3 Å². The van der Waals surface area contributed by atoms with E-state index in [1.165, 1.54) is 0 Å². The average molecular weight is 409 g/mol. The van der Waals surface area contributed by atoms with Gasteiger partial charge in [-0.1, -0.05) is 54.8 Å². The number of carbonyl (C=O) groups is 2. The summed E-state index contributed by atoms with van der Waals surface area (Å²) in [4.78, 5) is 27.9. The van der Waals surface area contributed by atoms with Gasteiger partial charge >= 0.3 is 0 Å². The molecule has 2 aromatic carbocycles. The number of amides is 2. The van der Waals surface area contributed by atoms with Crippen molar-refractivity contribution < 1.29 is 14.3 Å². The van der Waals surface area contributed by atoms with Gasteiger partial charge in [-0.15, -0.1) is 0 Å². The molecule has 1 aliphatic rings. The van der Waals surface area contributed by atoms with Crippen LogP contribution in [0.25, 0.3) is 0 Å². The lowest BCUT2D eigenvalue weighted by Gasteiger charge is -2.30. The molecule has 30 heavy (non-hydrogen) atoms. The monoisotopic (exact) mass is 408 g/mol. The molecule has 0 saturated heterocycles. The van der Waals surface area contributed by atoms with Crippen molar-refractivity contribution in [3.8, 4) is 5.75 Å². The van der Waals surface area contributed by atoms with Crippen molar-refractivity contribution in [2.75, 3.05) is 7.11 Å². The van der Waals surface area contributed by atoms with Crippen LogP contribution in [0, 0.1) is 6.92 Å². The number of hydrogen-bond acceptors (Lipinski definition) is 3. The zero-order valence-corrected chi connectivity index (χ0v) is 18.2. The molecule has 1 aliphatic carbocycles. The van der Waals surface area contributed by atoms with Crippen molar-refractivity contribution in [1.82, 2.24) is 10.2 Å². The van der Waals surface area contributed by atoms with Gasteiger partial charge in [-0.25, -0.2) is 0 Å². The van der Waals surface area contributed by atoms with Gasteiger partial charge < -0.3 is 15.0 Å². The first-order valence-corrected chi connectivity index (χ1v) is 10.7. The SMILES string of the molecule is COc1ccc(CC(=O)N(Cc2cccc(C)c2)[C@@H](C)C(=O)NC2CCCC2)cc1. The molecule has 5 heteroatoms. The van der Waals surface area contributed by atoms with E-state index in [4.69, 9.17) is 4.74 Å². The molecule has 2 amide bonds. The zero-order valence-electron chi connectivity index (χ0n) is 18.2. The van der Waals surface area contributed by atoms with E-state index in [-0.39, 0.29) is 24.3 Å². The Morgan fingerprint density at radius 1 is 1.10 bits per heavy atom. The fourth-order valence-electron chi connectivity index (χ4n) is 4.00. The number of carbonyl (C=O) groups excluding carboxylic acids is 2. The normalized spacial score (nSPS) is 14.9. The molecule has 0 spiro atoms. The summed E-state index contributed by atoms with van der Waals surface area (Å²) in [6, 6.07) is 15.3. The summed E-state index contributed by atoms with van der Waals surface area (Å²) in [6.07, 6.45) is 4.61. The second-order valence-corrected chi connectivity index (χ2v) is 8.20. The van der Waals surface area contributed by atoms with E-state index < -0.39 is 6.04 Å². The van der Waals surface area contributed by atoms with Gasteiger partial charge in [0.25, 0.3) is 0 Å². The number of aryl methyl sites for hydroxylation is 1. The van der Waals surface area contributed by atoms with Crippen LogP contribution >= 0.6 is 0 Å². The molecule has 0 unspecified atom stereocenters. The Bertz CT molecular complexity index is 857. The largest absolute Gasteiger partial charge is 0.497 e. The second-order valence-electron chi connectivity index (χ2n) is 8.20. The fraction of sp³-hybridized carbons (Fsp3) is 0.440. The van der Waals surface area contributed by atoms with Crippen molar-refractivity contribution in [3.05, 3.63) is 65.2 Å². The van der Waals surface area contributed by atoms with Gasteiger partial charge in [0.05, 0.1) is 13.5 Å². The molecule has 0 bridgehead atoms. The predicted molar refractivity (Wildman–Crippen MR) is 118 cm³/mol. The van der Waals surface area contributed by atoms with Gasteiger partial charge in [-0.3, -0.25) is 9.59 Å². The van der Waals surface area contributed by atoms with E-state index in [2.05, 4.69) is 11.4 Å². The molecule has 0 aliphatic heterocycles. The van der Waals surface area contributed by atoms with E-state index in [0.29, 0.717) is 6.54 Å². The van der Waals surface area contributed by atoms with E-state index >= 15 is 0 Å². The highest BCUT2D eigenvalue weighted by Gasteiger charge is 2.28. The van der Waals surface area contributed by atoms with Crippen molar-refractivity contribution in [2.45, 2.75) is 64.6 Å². The molecular formula is C25H32N2O3. The van der Waals surface area contributed by atoms with Gasteiger partial charge in [0.2, 0.25) is 11.8 Å². The molecule has 5 nitrogen and oxygen atoms in total. The number of nitrogens with zero attached hydrogens (tertiary/aromatic N) is 1. The van der Waals surface area contributed by atoms with E-state index in [1.54, 1.807) is 12.0 Å². The Morgan fingerprint density at radius 3 is 2.43 bits per heavy atom. The Kier molecular flexibility index (Phi) is 7.50. The van der Waals surface area contributed by atoms with Crippen LogP contribution < -0.4 is 10.1 Å². The van der Waals surface area contributed by atoms with Crippen LogP contribution in [0.1, 0.15) is 49.3 Å². The smallest absolute Gasteiger partial charge is 0.242 e. The highest BCUT2D eigenvalue weighted by Crippen LogP contribution is 2.19. The van der Waals surface area contributed by atoms with Crippen LogP contribution in [0.4, 0.5) is 0 Å². The summed E-state index contributed by atoms with van der Waals surface area (Å²) < 4.78 is 5.20. The number of methoxy groups -OCH3 is 1. The number of hydrogen-bond donors (Lipinski definition) is 1. The Labute approximate surface area is 179 Å². The summed E-state index contributed by atoms with van der Waals surface area (Å²) in [5, 5.41) is 3.14. The first-order valence-electron chi connectivity index (χ1n) is 10.7. The second kappa shape index (κ2) is 10.3. The maximum atomic E-state index is 13.3. The molecule has 2 aromatic rings. The molecule has 3 rings (SSSR count).